The fourth-order valence-electron chi connectivity index (χ4n) is 1.66. The Morgan fingerprint density at radius 1 is 1.24 bits per heavy atom. The molecule has 1 N–H and O–H groups in total. The lowest BCUT2D eigenvalue weighted by atomic mass is 10.3. The highest BCUT2D eigenvalue weighted by Gasteiger charge is 2.07. The van der Waals surface area contributed by atoms with Gasteiger partial charge in [0.25, 0.3) is 0 Å². The van der Waals surface area contributed by atoms with E-state index in [-0.39, 0.29) is 11.5 Å². The Morgan fingerprint density at radius 2 is 1.90 bits per heavy atom. The monoisotopic (exact) mass is 327 g/mol. The van der Waals surface area contributed by atoms with Crippen LogP contribution >= 0.6 is 11.6 Å². The number of methoxy groups -OCH3 is 1. The fourth-order valence-corrected chi connectivity index (χ4v) is 2.49. The van der Waals surface area contributed by atoms with Crippen LogP contribution in [0.15, 0.2) is 35.2 Å². The lowest BCUT2D eigenvalue weighted by Crippen LogP contribution is -2.02. The van der Waals surface area contributed by atoms with E-state index in [2.05, 4.69) is 15.3 Å². The summed E-state index contributed by atoms with van der Waals surface area (Å²) >= 11 is 5.91. The van der Waals surface area contributed by atoms with Crippen LogP contribution in [-0.4, -0.2) is 31.8 Å². The second-order valence-corrected chi connectivity index (χ2v) is 6.75. The molecule has 0 amide bonds. The topological polar surface area (TPSA) is 81.2 Å². The van der Waals surface area contributed by atoms with Crippen LogP contribution in [0.2, 0.25) is 5.15 Å². The molecule has 0 saturated heterocycles. The lowest BCUT2D eigenvalue weighted by Gasteiger charge is -2.08. The first-order valence-electron chi connectivity index (χ1n) is 5.98. The van der Waals surface area contributed by atoms with Crippen LogP contribution in [-0.2, 0) is 21.2 Å². The number of halogens is 1. The molecule has 21 heavy (non-hydrogen) atoms. The van der Waals surface area contributed by atoms with E-state index in [0.29, 0.717) is 22.5 Å². The summed E-state index contributed by atoms with van der Waals surface area (Å²) in [6, 6.07) is 7.93. The Morgan fingerprint density at radius 3 is 2.48 bits per heavy atom. The molecular formula is C13H14ClN3O3S. The van der Waals surface area contributed by atoms with Gasteiger partial charge in [-0.15, -0.1) is 0 Å². The van der Waals surface area contributed by atoms with Gasteiger partial charge in [0.1, 0.15) is 17.6 Å². The molecule has 0 radical (unpaired) electrons. The number of benzene rings is 1. The van der Waals surface area contributed by atoms with E-state index in [4.69, 9.17) is 16.3 Å². The Kier molecular flexibility index (Phi) is 4.76. The molecule has 0 aliphatic rings. The summed E-state index contributed by atoms with van der Waals surface area (Å²) < 4.78 is 27.7. The maximum Gasteiger partial charge on any atom is 0.175 e. The Labute approximate surface area is 128 Å². The van der Waals surface area contributed by atoms with Crippen molar-refractivity contribution in [2.45, 2.75) is 11.5 Å². The first kappa shape index (κ1) is 15.7. The third-order valence-corrected chi connectivity index (χ3v) is 3.89. The van der Waals surface area contributed by atoms with Crippen LogP contribution in [0.25, 0.3) is 0 Å². The molecule has 0 bridgehead atoms. The smallest absolute Gasteiger partial charge is 0.175 e. The summed E-state index contributed by atoms with van der Waals surface area (Å²) in [5.41, 5.74) is 0.695. The molecule has 1 heterocycles. The maximum absolute atomic E-state index is 11.4. The molecule has 2 rings (SSSR count). The van der Waals surface area contributed by atoms with Crippen molar-refractivity contribution in [3.05, 3.63) is 41.3 Å². The van der Waals surface area contributed by atoms with Crippen LogP contribution in [0.3, 0.4) is 0 Å². The average molecular weight is 328 g/mol. The molecule has 0 unspecified atom stereocenters. The van der Waals surface area contributed by atoms with E-state index in [1.165, 1.54) is 12.1 Å². The first-order chi connectivity index (χ1) is 9.88. The minimum absolute atomic E-state index is 0.252. The highest BCUT2D eigenvalue weighted by molar-refractivity contribution is 7.90. The average Bonchev–Trinajstić information content (AvgIpc) is 2.38. The molecule has 0 saturated carbocycles. The van der Waals surface area contributed by atoms with Gasteiger partial charge in [-0.3, -0.25) is 0 Å². The summed E-state index contributed by atoms with van der Waals surface area (Å²) in [6.07, 6.45) is 1.16. The van der Waals surface area contributed by atoms with Gasteiger partial charge in [0.05, 0.1) is 4.90 Å². The van der Waals surface area contributed by atoms with Gasteiger partial charge >= 0.3 is 0 Å². The summed E-state index contributed by atoms with van der Waals surface area (Å²) in [6.45, 7) is 0.252. The number of nitrogens with one attached hydrogen (secondary N) is 1. The van der Waals surface area contributed by atoms with Gasteiger partial charge in [-0.1, -0.05) is 11.6 Å². The molecule has 112 valence electrons. The van der Waals surface area contributed by atoms with Crippen molar-refractivity contribution in [2.75, 3.05) is 18.7 Å². The largest absolute Gasteiger partial charge is 0.377 e. The maximum atomic E-state index is 11.4. The second kappa shape index (κ2) is 6.38. The van der Waals surface area contributed by atoms with E-state index < -0.39 is 9.84 Å². The van der Waals surface area contributed by atoms with Gasteiger partial charge < -0.3 is 10.1 Å². The zero-order chi connectivity index (χ0) is 15.5. The first-order valence-corrected chi connectivity index (χ1v) is 8.25. The molecule has 6 nitrogen and oxygen atoms in total. The number of rotatable bonds is 5. The number of aromatic nitrogens is 2. The van der Waals surface area contributed by atoms with Gasteiger partial charge in [-0.25, -0.2) is 18.4 Å². The van der Waals surface area contributed by atoms with Gasteiger partial charge in [-0.2, -0.15) is 0 Å². The Bertz CT molecular complexity index is 733. The summed E-state index contributed by atoms with van der Waals surface area (Å²) in [7, 11) is -1.66. The molecule has 8 heteroatoms. The minimum atomic E-state index is -3.20. The van der Waals surface area contributed by atoms with Gasteiger partial charge in [0, 0.05) is 25.1 Å². The summed E-state index contributed by atoms with van der Waals surface area (Å²) in [5, 5.41) is 3.33. The predicted octanol–water partition coefficient (Wildman–Crippen LogP) is 2.42. The van der Waals surface area contributed by atoms with Gasteiger partial charge in [0.15, 0.2) is 15.7 Å². The molecule has 0 spiro atoms. The minimum Gasteiger partial charge on any atom is -0.377 e. The molecule has 0 fully saturated rings. The van der Waals surface area contributed by atoms with Crippen molar-refractivity contribution in [1.82, 2.24) is 9.97 Å². The van der Waals surface area contributed by atoms with Gasteiger partial charge in [0.2, 0.25) is 0 Å². The molecule has 0 aliphatic heterocycles. The van der Waals surface area contributed by atoms with Crippen molar-refractivity contribution in [3.8, 4) is 0 Å². The lowest BCUT2D eigenvalue weighted by molar-refractivity contribution is 0.178. The van der Waals surface area contributed by atoms with Crippen LogP contribution in [0.1, 0.15) is 5.82 Å². The van der Waals surface area contributed by atoms with E-state index >= 15 is 0 Å². The predicted molar refractivity (Wildman–Crippen MR) is 80.6 cm³/mol. The van der Waals surface area contributed by atoms with Crippen molar-refractivity contribution in [2.24, 2.45) is 0 Å². The Balaban J connectivity index is 2.22. The normalized spacial score (nSPS) is 11.4. The highest BCUT2D eigenvalue weighted by atomic mass is 35.5. The number of anilines is 2. The quantitative estimate of drug-likeness (QED) is 0.849. The summed E-state index contributed by atoms with van der Waals surface area (Å²) in [5.74, 6) is 0.967. The number of ether oxygens (including phenoxy) is 1. The number of hydrogen-bond acceptors (Lipinski definition) is 6. The van der Waals surface area contributed by atoms with Crippen LogP contribution in [0.5, 0.6) is 0 Å². The third kappa shape index (κ3) is 4.38. The Hall–Kier alpha value is -1.70. The van der Waals surface area contributed by atoms with E-state index in [0.717, 1.165) is 6.26 Å². The zero-order valence-electron chi connectivity index (χ0n) is 11.5. The van der Waals surface area contributed by atoms with Crippen molar-refractivity contribution >= 4 is 32.9 Å². The van der Waals surface area contributed by atoms with Crippen LogP contribution in [0, 0.1) is 0 Å². The third-order valence-electron chi connectivity index (χ3n) is 2.57. The van der Waals surface area contributed by atoms with Crippen LogP contribution < -0.4 is 5.32 Å². The summed E-state index contributed by atoms with van der Waals surface area (Å²) in [4.78, 5) is 8.52. The SMILES string of the molecule is COCc1nc(Cl)cc(Nc2ccc(S(C)(=O)=O)cc2)n1. The molecule has 2 aromatic rings. The van der Waals surface area contributed by atoms with E-state index in [1.807, 2.05) is 0 Å². The molecule has 0 atom stereocenters. The van der Waals surface area contributed by atoms with E-state index in [9.17, 15) is 8.42 Å². The zero-order valence-corrected chi connectivity index (χ0v) is 13.1. The van der Waals surface area contributed by atoms with Crippen molar-refractivity contribution in [3.63, 3.8) is 0 Å². The van der Waals surface area contributed by atoms with Gasteiger partial charge in [-0.05, 0) is 24.3 Å². The molecule has 0 aliphatic carbocycles. The van der Waals surface area contributed by atoms with Crippen molar-refractivity contribution < 1.29 is 13.2 Å². The number of hydrogen-bond donors (Lipinski definition) is 1. The van der Waals surface area contributed by atoms with Crippen molar-refractivity contribution in [1.29, 1.82) is 0 Å². The number of sulfone groups is 1. The molecule has 1 aromatic heterocycles. The highest BCUT2D eigenvalue weighted by Crippen LogP contribution is 2.19. The van der Waals surface area contributed by atoms with E-state index in [1.54, 1.807) is 25.3 Å². The molecular weight excluding hydrogens is 314 g/mol. The van der Waals surface area contributed by atoms with Crippen LogP contribution in [0.4, 0.5) is 11.5 Å². The molecule has 1 aromatic carbocycles. The standard InChI is InChI=1S/C13H14ClN3O3S/c1-20-8-13-16-11(14)7-12(17-13)15-9-3-5-10(6-4-9)21(2,18)19/h3-7H,8H2,1-2H3,(H,15,16,17). The fraction of sp³-hybridized carbons (Fsp3) is 0.231. The second-order valence-electron chi connectivity index (χ2n) is 4.35. The number of nitrogens with zero attached hydrogens (tertiary/aromatic N) is 2.